The van der Waals surface area contributed by atoms with Gasteiger partial charge in [-0.1, -0.05) is 116 Å². The van der Waals surface area contributed by atoms with Gasteiger partial charge < -0.3 is 34.1 Å². The Morgan fingerprint density at radius 2 is 1.17 bits per heavy atom. The lowest BCUT2D eigenvalue weighted by atomic mass is 10.0. The average molecular weight is 672 g/mol. The first kappa shape index (κ1) is 47.3. The predicted molar refractivity (Wildman–Crippen MR) is 193 cm³/mol. The molecule has 47 heavy (non-hydrogen) atoms. The summed E-state index contributed by atoms with van der Waals surface area (Å²) < 4.78 is 21.2. The van der Waals surface area contributed by atoms with Crippen molar-refractivity contribution in [2.24, 2.45) is 0 Å². The maximum absolute atomic E-state index is 12.2. The van der Waals surface area contributed by atoms with E-state index < -0.39 is 18.2 Å². The van der Waals surface area contributed by atoms with Gasteiger partial charge in [-0.3, -0.25) is 0 Å². The highest BCUT2D eigenvalue weighted by atomic mass is 16.5. The van der Waals surface area contributed by atoms with Gasteiger partial charge in [0.2, 0.25) is 0 Å². The van der Waals surface area contributed by atoms with Gasteiger partial charge in [0.05, 0.1) is 44.7 Å². The van der Waals surface area contributed by atoms with Gasteiger partial charge in [0.15, 0.2) is 0 Å². The third kappa shape index (κ3) is 35.4. The van der Waals surface area contributed by atoms with Crippen LogP contribution in [-0.4, -0.2) is 99.0 Å². The lowest BCUT2D eigenvalue weighted by Crippen LogP contribution is -2.27. The second kappa shape index (κ2) is 34.1. The molecule has 0 heterocycles. The van der Waals surface area contributed by atoms with Crippen LogP contribution in [0.1, 0.15) is 137 Å². The molecular weight excluding hydrogens is 598 g/mol. The summed E-state index contributed by atoms with van der Waals surface area (Å²) in [6, 6.07) is 0. The van der Waals surface area contributed by atoms with E-state index in [0.29, 0.717) is 24.4 Å². The summed E-state index contributed by atoms with van der Waals surface area (Å²) in [5.41, 5.74) is 0.756. The van der Waals surface area contributed by atoms with E-state index in [1.807, 2.05) is 25.9 Å². The van der Waals surface area contributed by atoms with E-state index in [1.165, 1.54) is 89.9 Å². The molecule has 3 unspecified atom stereocenters. The van der Waals surface area contributed by atoms with Crippen LogP contribution in [0.15, 0.2) is 24.3 Å². The standard InChI is InChI=1S/C30H58O6.C8H15NO2/c1-5-6-7-8-9-10-11-12-13-14-15-16-17-18-19-20-21-34-30(33)26(2)22-29(23-31)36-25-28(4)35-24-27(3)32;1-7(2)8(10)11-6-5-9(3)4/h27-29,31-32H,2,5-25H2,1,3-4H3;1,5-6H2,2-4H3. The average Bonchev–Trinajstić information content (AvgIpc) is 3.03. The van der Waals surface area contributed by atoms with Crippen molar-refractivity contribution in [3.63, 3.8) is 0 Å². The number of hydrogen-bond acceptors (Lipinski definition) is 9. The van der Waals surface area contributed by atoms with Gasteiger partial charge in [-0.15, -0.1) is 0 Å². The summed E-state index contributed by atoms with van der Waals surface area (Å²) in [7, 11) is 3.85. The molecule has 0 aliphatic carbocycles. The Labute approximate surface area is 288 Å². The number of carbonyl (C=O) groups is 2. The largest absolute Gasteiger partial charge is 0.462 e. The molecule has 9 heteroatoms. The van der Waals surface area contributed by atoms with Crippen LogP contribution in [0, 0.1) is 0 Å². The second-order valence-electron chi connectivity index (χ2n) is 13.1. The molecule has 278 valence electrons. The Morgan fingerprint density at radius 1 is 0.702 bits per heavy atom. The second-order valence-corrected chi connectivity index (χ2v) is 13.1. The van der Waals surface area contributed by atoms with E-state index in [2.05, 4.69) is 20.1 Å². The number of carbonyl (C=O) groups excluding carboxylic acids is 2. The van der Waals surface area contributed by atoms with Gasteiger partial charge in [0.1, 0.15) is 6.61 Å². The fraction of sp³-hybridized carbons (Fsp3) is 0.842. The zero-order valence-electron chi connectivity index (χ0n) is 31.2. The molecule has 0 aromatic heterocycles. The molecule has 0 saturated heterocycles. The Morgan fingerprint density at radius 3 is 1.60 bits per heavy atom. The van der Waals surface area contributed by atoms with Crippen molar-refractivity contribution in [3.8, 4) is 0 Å². The van der Waals surface area contributed by atoms with Crippen LogP contribution in [0.5, 0.6) is 0 Å². The molecule has 0 aliphatic rings. The number of aliphatic hydroxyl groups excluding tert-OH is 2. The normalized spacial score (nSPS) is 13.0. The van der Waals surface area contributed by atoms with Crippen molar-refractivity contribution in [2.75, 3.05) is 53.7 Å². The molecule has 9 nitrogen and oxygen atoms in total. The van der Waals surface area contributed by atoms with E-state index in [4.69, 9.17) is 18.9 Å². The first-order valence-corrected chi connectivity index (χ1v) is 18.3. The quantitative estimate of drug-likeness (QED) is 0.0438. The van der Waals surface area contributed by atoms with Crippen molar-refractivity contribution in [1.29, 1.82) is 0 Å². The first-order chi connectivity index (χ1) is 22.4. The van der Waals surface area contributed by atoms with Crippen molar-refractivity contribution >= 4 is 11.9 Å². The zero-order valence-corrected chi connectivity index (χ0v) is 31.2. The van der Waals surface area contributed by atoms with Crippen molar-refractivity contribution < 1.29 is 38.7 Å². The minimum atomic E-state index is -0.537. The summed E-state index contributed by atoms with van der Waals surface area (Å²) >= 11 is 0. The molecule has 0 spiro atoms. The zero-order chi connectivity index (χ0) is 35.7. The Kier molecular flexibility index (Phi) is 34.3. The van der Waals surface area contributed by atoms with E-state index >= 15 is 0 Å². The smallest absolute Gasteiger partial charge is 0.333 e. The molecule has 0 amide bonds. The maximum Gasteiger partial charge on any atom is 0.333 e. The van der Waals surface area contributed by atoms with Crippen LogP contribution in [0.25, 0.3) is 0 Å². The van der Waals surface area contributed by atoms with Crippen LogP contribution >= 0.6 is 0 Å². The van der Waals surface area contributed by atoms with E-state index in [1.54, 1.807) is 13.8 Å². The number of ether oxygens (including phenoxy) is 4. The number of nitrogens with zero attached hydrogens (tertiary/aromatic N) is 1. The molecule has 0 bridgehead atoms. The van der Waals surface area contributed by atoms with Gasteiger partial charge in [0, 0.05) is 24.1 Å². The van der Waals surface area contributed by atoms with Crippen molar-refractivity contribution in [3.05, 3.63) is 24.3 Å². The lowest BCUT2D eigenvalue weighted by molar-refractivity contribution is -0.140. The minimum Gasteiger partial charge on any atom is -0.462 e. The number of esters is 2. The molecule has 0 radical (unpaired) electrons. The highest BCUT2D eigenvalue weighted by Crippen LogP contribution is 2.14. The summed E-state index contributed by atoms with van der Waals surface area (Å²) in [6.45, 7) is 16.5. The first-order valence-electron chi connectivity index (χ1n) is 18.3. The fourth-order valence-electron chi connectivity index (χ4n) is 4.52. The monoisotopic (exact) mass is 672 g/mol. The van der Waals surface area contributed by atoms with Crippen LogP contribution in [-0.2, 0) is 28.5 Å². The fourth-order valence-corrected chi connectivity index (χ4v) is 4.52. The van der Waals surface area contributed by atoms with Gasteiger partial charge in [-0.25, -0.2) is 9.59 Å². The van der Waals surface area contributed by atoms with Gasteiger partial charge in [-0.05, 0) is 41.3 Å². The van der Waals surface area contributed by atoms with Gasteiger partial charge in [-0.2, -0.15) is 0 Å². The maximum atomic E-state index is 12.2. The van der Waals surface area contributed by atoms with Crippen molar-refractivity contribution in [1.82, 2.24) is 4.90 Å². The molecule has 0 aromatic rings. The number of aliphatic hydroxyl groups is 2. The Balaban J connectivity index is 0. The number of hydrogen-bond donors (Lipinski definition) is 2. The van der Waals surface area contributed by atoms with E-state index in [0.717, 1.165) is 19.4 Å². The predicted octanol–water partition coefficient (Wildman–Crippen LogP) is 7.57. The molecule has 0 aliphatic heterocycles. The molecule has 0 saturated carbocycles. The molecule has 3 atom stereocenters. The van der Waals surface area contributed by atoms with Crippen LogP contribution < -0.4 is 0 Å². The number of rotatable bonds is 31. The number of likely N-dealkylation sites (N-methyl/N-ethyl adjacent to an activating group) is 1. The topological polar surface area (TPSA) is 115 Å². The Bertz CT molecular complexity index is 771. The lowest BCUT2D eigenvalue weighted by Gasteiger charge is -2.20. The number of unbranched alkanes of at least 4 members (excludes halogenated alkanes) is 15. The van der Waals surface area contributed by atoms with Crippen molar-refractivity contribution in [2.45, 2.75) is 155 Å². The molecule has 0 aromatic carbocycles. The van der Waals surface area contributed by atoms with Crippen LogP contribution in [0.4, 0.5) is 0 Å². The third-order valence-electron chi connectivity index (χ3n) is 7.51. The van der Waals surface area contributed by atoms with Gasteiger partial charge >= 0.3 is 11.9 Å². The summed E-state index contributed by atoms with van der Waals surface area (Å²) in [5, 5.41) is 18.8. The third-order valence-corrected chi connectivity index (χ3v) is 7.51. The van der Waals surface area contributed by atoms with E-state index in [-0.39, 0.29) is 38.3 Å². The highest BCUT2D eigenvalue weighted by Gasteiger charge is 2.17. The summed E-state index contributed by atoms with van der Waals surface area (Å²) in [6.07, 6.45) is 19.9. The van der Waals surface area contributed by atoms with Gasteiger partial charge in [0.25, 0.3) is 0 Å². The molecular formula is C38H73NO8. The summed E-state index contributed by atoms with van der Waals surface area (Å²) in [4.78, 5) is 24.9. The highest BCUT2D eigenvalue weighted by molar-refractivity contribution is 5.87. The summed E-state index contributed by atoms with van der Waals surface area (Å²) in [5.74, 6) is -0.733. The minimum absolute atomic E-state index is 0.214. The molecule has 0 fully saturated rings. The Hall–Kier alpha value is -1.78. The molecule has 0 rings (SSSR count). The van der Waals surface area contributed by atoms with Crippen LogP contribution in [0.2, 0.25) is 0 Å². The van der Waals surface area contributed by atoms with E-state index in [9.17, 15) is 19.8 Å². The SMILES string of the molecule is C=C(C)C(=O)OCCN(C)C.C=C(CC(CO)OCC(C)OCC(C)O)C(=O)OCCCCCCCCCCCCCCCCCC. The van der Waals surface area contributed by atoms with Crippen LogP contribution in [0.3, 0.4) is 0 Å². The molecule has 2 N–H and O–H groups in total.